The maximum atomic E-state index is 3.50. The zero-order chi connectivity index (χ0) is 9.26. The van der Waals surface area contributed by atoms with E-state index < -0.39 is 0 Å². The Morgan fingerprint density at radius 1 is 1.38 bits per heavy atom. The summed E-state index contributed by atoms with van der Waals surface area (Å²) in [6, 6.07) is 1.71. The van der Waals surface area contributed by atoms with Gasteiger partial charge in [-0.25, -0.2) is 0 Å². The Kier molecular flexibility index (Phi) is 2.89. The topological polar surface area (TPSA) is 15.3 Å². The summed E-state index contributed by atoms with van der Waals surface area (Å²) in [5.74, 6) is 0.854. The molecule has 2 aliphatic heterocycles. The third-order valence-electron chi connectivity index (χ3n) is 3.80. The van der Waals surface area contributed by atoms with Gasteiger partial charge in [0.15, 0.2) is 0 Å². The molecule has 0 aromatic heterocycles. The molecule has 13 heavy (non-hydrogen) atoms. The smallest absolute Gasteiger partial charge is 0.0261 e. The standard InChI is InChI=1S/C11H22N2/c1-3-10-5-4-6-13(10)11-8-12-7-9(11)2/h9-12H,3-8H2,1-2H3. The van der Waals surface area contributed by atoms with E-state index in [4.69, 9.17) is 0 Å². The van der Waals surface area contributed by atoms with Crippen molar-refractivity contribution in [2.75, 3.05) is 19.6 Å². The summed E-state index contributed by atoms with van der Waals surface area (Å²) < 4.78 is 0. The highest BCUT2D eigenvalue weighted by atomic mass is 15.2. The first kappa shape index (κ1) is 9.47. The van der Waals surface area contributed by atoms with E-state index >= 15 is 0 Å². The van der Waals surface area contributed by atoms with Crippen LogP contribution < -0.4 is 5.32 Å². The van der Waals surface area contributed by atoms with Crippen molar-refractivity contribution < 1.29 is 0 Å². The molecule has 0 spiro atoms. The molecule has 0 aromatic rings. The minimum atomic E-state index is 0.826. The Labute approximate surface area is 81.7 Å². The van der Waals surface area contributed by atoms with Crippen molar-refractivity contribution >= 4 is 0 Å². The first-order valence-electron chi connectivity index (χ1n) is 5.79. The normalized spacial score (nSPS) is 41.5. The second-order valence-corrected chi connectivity index (χ2v) is 4.65. The summed E-state index contributed by atoms with van der Waals surface area (Å²) in [5, 5.41) is 3.50. The maximum absolute atomic E-state index is 3.50. The van der Waals surface area contributed by atoms with Gasteiger partial charge in [-0.2, -0.15) is 0 Å². The molecule has 0 saturated carbocycles. The third-order valence-corrected chi connectivity index (χ3v) is 3.80. The largest absolute Gasteiger partial charge is 0.315 e. The van der Waals surface area contributed by atoms with Gasteiger partial charge in [0.1, 0.15) is 0 Å². The summed E-state index contributed by atoms with van der Waals surface area (Å²) in [7, 11) is 0. The van der Waals surface area contributed by atoms with Crippen LogP contribution in [0, 0.1) is 5.92 Å². The molecule has 0 aliphatic carbocycles. The van der Waals surface area contributed by atoms with Gasteiger partial charge in [0.05, 0.1) is 0 Å². The molecule has 0 aromatic carbocycles. The Hall–Kier alpha value is -0.0800. The Bertz CT molecular complexity index is 169. The molecule has 2 heteroatoms. The fraction of sp³-hybridized carbons (Fsp3) is 1.00. The summed E-state index contributed by atoms with van der Waals surface area (Å²) >= 11 is 0. The fourth-order valence-electron chi connectivity index (χ4n) is 2.97. The molecule has 2 aliphatic rings. The van der Waals surface area contributed by atoms with Gasteiger partial charge in [-0.3, -0.25) is 4.90 Å². The van der Waals surface area contributed by atoms with E-state index in [0.717, 1.165) is 18.0 Å². The average molecular weight is 182 g/mol. The van der Waals surface area contributed by atoms with Crippen LogP contribution in [-0.4, -0.2) is 36.6 Å². The first-order valence-corrected chi connectivity index (χ1v) is 5.79. The lowest BCUT2D eigenvalue weighted by molar-refractivity contribution is 0.159. The van der Waals surface area contributed by atoms with Crippen LogP contribution in [0.25, 0.3) is 0 Å². The van der Waals surface area contributed by atoms with E-state index in [9.17, 15) is 0 Å². The van der Waals surface area contributed by atoms with Crippen LogP contribution >= 0.6 is 0 Å². The highest BCUT2D eigenvalue weighted by Gasteiger charge is 2.34. The van der Waals surface area contributed by atoms with E-state index in [0.29, 0.717) is 0 Å². The lowest BCUT2D eigenvalue weighted by atomic mass is 10.0. The van der Waals surface area contributed by atoms with Gasteiger partial charge in [-0.15, -0.1) is 0 Å². The van der Waals surface area contributed by atoms with Gasteiger partial charge >= 0.3 is 0 Å². The molecule has 3 atom stereocenters. The molecule has 2 nitrogen and oxygen atoms in total. The maximum Gasteiger partial charge on any atom is 0.0261 e. The number of likely N-dealkylation sites (tertiary alicyclic amines) is 1. The van der Waals surface area contributed by atoms with Crippen molar-refractivity contribution in [3.8, 4) is 0 Å². The number of nitrogens with one attached hydrogen (secondary N) is 1. The molecule has 76 valence electrons. The molecular formula is C11H22N2. The molecule has 2 saturated heterocycles. The van der Waals surface area contributed by atoms with Gasteiger partial charge < -0.3 is 5.32 Å². The number of nitrogens with zero attached hydrogens (tertiary/aromatic N) is 1. The molecule has 1 N–H and O–H groups in total. The predicted octanol–water partition coefficient (Wildman–Crippen LogP) is 1.47. The van der Waals surface area contributed by atoms with E-state index in [1.807, 2.05) is 0 Å². The van der Waals surface area contributed by atoms with Crippen LogP contribution in [0.5, 0.6) is 0 Å². The Morgan fingerprint density at radius 2 is 2.23 bits per heavy atom. The van der Waals surface area contributed by atoms with Crippen molar-refractivity contribution in [3.05, 3.63) is 0 Å². The van der Waals surface area contributed by atoms with Crippen molar-refractivity contribution in [2.45, 2.75) is 45.2 Å². The number of hydrogen-bond donors (Lipinski definition) is 1. The van der Waals surface area contributed by atoms with E-state index in [1.54, 1.807) is 0 Å². The van der Waals surface area contributed by atoms with Gasteiger partial charge in [0.25, 0.3) is 0 Å². The summed E-state index contributed by atoms with van der Waals surface area (Å²) in [5.41, 5.74) is 0. The van der Waals surface area contributed by atoms with Crippen LogP contribution in [0.2, 0.25) is 0 Å². The second kappa shape index (κ2) is 3.97. The molecule has 2 rings (SSSR count). The molecule has 0 radical (unpaired) electrons. The number of rotatable bonds is 2. The lowest BCUT2D eigenvalue weighted by Crippen LogP contribution is -2.42. The Balaban J connectivity index is 1.98. The van der Waals surface area contributed by atoms with Crippen LogP contribution in [0.15, 0.2) is 0 Å². The fourth-order valence-corrected chi connectivity index (χ4v) is 2.97. The van der Waals surface area contributed by atoms with Crippen molar-refractivity contribution in [3.63, 3.8) is 0 Å². The minimum Gasteiger partial charge on any atom is -0.315 e. The van der Waals surface area contributed by atoms with Crippen molar-refractivity contribution in [1.82, 2.24) is 10.2 Å². The SMILES string of the molecule is CCC1CCCN1C1CNCC1C. The second-order valence-electron chi connectivity index (χ2n) is 4.65. The summed E-state index contributed by atoms with van der Waals surface area (Å²) in [6.07, 6.45) is 4.19. The van der Waals surface area contributed by atoms with Crippen LogP contribution in [-0.2, 0) is 0 Å². The van der Waals surface area contributed by atoms with Crippen LogP contribution in [0.1, 0.15) is 33.1 Å². The van der Waals surface area contributed by atoms with Gasteiger partial charge in [0.2, 0.25) is 0 Å². The minimum absolute atomic E-state index is 0.826. The third kappa shape index (κ3) is 1.75. The van der Waals surface area contributed by atoms with Gasteiger partial charge in [-0.05, 0) is 38.3 Å². The quantitative estimate of drug-likeness (QED) is 0.695. The Morgan fingerprint density at radius 3 is 2.85 bits per heavy atom. The van der Waals surface area contributed by atoms with E-state index in [1.165, 1.54) is 38.9 Å². The molecular weight excluding hydrogens is 160 g/mol. The number of hydrogen-bond acceptors (Lipinski definition) is 2. The summed E-state index contributed by atoms with van der Waals surface area (Å²) in [6.45, 7) is 8.50. The van der Waals surface area contributed by atoms with Crippen LogP contribution in [0.4, 0.5) is 0 Å². The lowest BCUT2D eigenvalue weighted by Gasteiger charge is -2.32. The monoisotopic (exact) mass is 182 g/mol. The summed E-state index contributed by atoms with van der Waals surface area (Å²) in [4.78, 5) is 2.75. The van der Waals surface area contributed by atoms with Gasteiger partial charge in [-0.1, -0.05) is 13.8 Å². The first-order chi connectivity index (χ1) is 6.33. The average Bonchev–Trinajstić information content (AvgIpc) is 2.71. The molecule has 2 fully saturated rings. The molecule has 2 heterocycles. The van der Waals surface area contributed by atoms with Gasteiger partial charge in [0, 0.05) is 18.6 Å². The van der Waals surface area contributed by atoms with Crippen molar-refractivity contribution in [1.29, 1.82) is 0 Å². The zero-order valence-electron chi connectivity index (χ0n) is 8.92. The molecule has 3 unspecified atom stereocenters. The van der Waals surface area contributed by atoms with E-state index in [-0.39, 0.29) is 0 Å². The highest BCUT2D eigenvalue weighted by molar-refractivity contribution is 4.91. The molecule has 0 bridgehead atoms. The van der Waals surface area contributed by atoms with Crippen molar-refractivity contribution in [2.24, 2.45) is 5.92 Å². The predicted molar refractivity (Wildman–Crippen MR) is 55.8 cm³/mol. The van der Waals surface area contributed by atoms with E-state index in [2.05, 4.69) is 24.1 Å². The highest BCUT2D eigenvalue weighted by Crippen LogP contribution is 2.27. The van der Waals surface area contributed by atoms with Crippen LogP contribution in [0.3, 0.4) is 0 Å². The zero-order valence-corrected chi connectivity index (χ0v) is 8.92. The molecule has 0 amide bonds.